The molecule has 0 spiro atoms. The summed E-state index contributed by atoms with van der Waals surface area (Å²) < 4.78 is 10.7. The zero-order valence-electron chi connectivity index (χ0n) is 17.7. The Bertz CT molecular complexity index is 933. The lowest BCUT2D eigenvalue weighted by Crippen LogP contribution is -2.43. The third-order valence-corrected chi connectivity index (χ3v) is 5.12. The summed E-state index contributed by atoms with van der Waals surface area (Å²) in [6, 6.07) is 14.3. The highest BCUT2D eigenvalue weighted by Gasteiger charge is 2.28. The molecule has 1 atom stereocenters. The first-order chi connectivity index (χ1) is 15.5. The Morgan fingerprint density at radius 3 is 2.41 bits per heavy atom. The minimum absolute atomic E-state index is 0.0526. The maximum atomic E-state index is 12.6. The van der Waals surface area contributed by atoms with E-state index in [1.54, 1.807) is 18.2 Å². The van der Waals surface area contributed by atoms with Gasteiger partial charge in [0.2, 0.25) is 5.91 Å². The Balaban J connectivity index is 1.61. The van der Waals surface area contributed by atoms with Gasteiger partial charge in [0, 0.05) is 6.08 Å². The van der Waals surface area contributed by atoms with Crippen LogP contribution in [0.15, 0.2) is 60.7 Å². The first-order valence-corrected chi connectivity index (χ1v) is 10.7. The maximum Gasteiger partial charge on any atom is 0.329 e. The smallest absolute Gasteiger partial charge is 0.329 e. The second-order valence-electron chi connectivity index (χ2n) is 7.68. The van der Waals surface area contributed by atoms with Crippen molar-refractivity contribution in [3.63, 3.8) is 0 Å². The zero-order chi connectivity index (χ0) is 22.8. The summed E-state index contributed by atoms with van der Waals surface area (Å²) in [6.07, 6.45) is 6.12. The van der Waals surface area contributed by atoms with Crippen molar-refractivity contribution in [1.29, 1.82) is 0 Å². The van der Waals surface area contributed by atoms with E-state index in [1.165, 1.54) is 18.2 Å². The lowest BCUT2D eigenvalue weighted by Gasteiger charge is -2.18. The van der Waals surface area contributed by atoms with Crippen molar-refractivity contribution >= 4 is 23.9 Å². The van der Waals surface area contributed by atoms with Crippen molar-refractivity contribution < 1.29 is 29.0 Å². The van der Waals surface area contributed by atoms with Gasteiger partial charge in [-0.15, -0.1) is 0 Å². The zero-order valence-corrected chi connectivity index (χ0v) is 17.7. The number of phenolic OH excluding ortho intramolecular Hbond substituents is 1. The van der Waals surface area contributed by atoms with E-state index in [0.29, 0.717) is 5.56 Å². The molecule has 1 aliphatic carbocycles. The van der Waals surface area contributed by atoms with E-state index in [-0.39, 0.29) is 24.9 Å². The van der Waals surface area contributed by atoms with Crippen molar-refractivity contribution in [2.24, 2.45) is 0 Å². The fourth-order valence-electron chi connectivity index (χ4n) is 3.40. The number of aromatic hydroxyl groups is 1. The Kier molecular flexibility index (Phi) is 8.43. The quantitative estimate of drug-likeness (QED) is 0.460. The second kappa shape index (κ2) is 11.7. The van der Waals surface area contributed by atoms with Crippen LogP contribution >= 0.6 is 0 Å². The fourth-order valence-corrected chi connectivity index (χ4v) is 3.40. The predicted molar refractivity (Wildman–Crippen MR) is 118 cm³/mol. The maximum absolute atomic E-state index is 12.6. The molecule has 0 heterocycles. The number of carbonyl (C=O) groups is 3. The van der Waals surface area contributed by atoms with E-state index in [0.717, 1.165) is 31.2 Å². The molecular weight excluding hydrogens is 410 g/mol. The number of nitrogens with one attached hydrogen (secondary N) is 1. The molecule has 0 bridgehead atoms. The Labute approximate surface area is 187 Å². The van der Waals surface area contributed by atoms with Gasteiger partial charge < -0.3 is 19.9 Å². The van der Waals surface area contributed by atoms with Gasteiger partial charge in [-0.1, -0.05) is 42.5 Å². The van der Waals surface area contributed by atoms with Gasteiger partial charge in [-0.2, -0.15) is 0 Å². The minimum Gasteiger partial charge on any atom is -0.508 e. The molecule has 0 saturated heterocycles. The summed E-state index contributed by atoms with van der Waals surface area (Å²) in [5, 5.41) is 11.9. The summed E-state index contributed by atoms with van der Waals surface area (Å²) in [5.74, 6) is -1.70. The molecule has 3 rings (SSSR count). The summed E-state index contributed by atoms with van der Waals surface area (Å²) in [7, 11) is 0. The van der Waals surface area contributed by atoms with Gasteiger partial charge in [-0.25, -0.2) is 4.79 Å². The number of rotatable bonds is 9. The van der Waals surface area contributed by atoms with Crippen LogP contribution < -0.4 is 5.32 Å². The molecule has 7 heteroatoms. The molecule has 1 fully saturated rings. The van der Waals surface area contributed by atoms with Gasteiger partial charge in [0.05, 0.1) is 6.42 Å². The topological polar surface area (TPSA) is 102 Å². The number of amides is 1. The van der Waals surface area contributed by atoms with Gasteiger partial charge in [-0.05, 0) is 55.0 Å². The van der Waals surface area contributed by atoms with Crippen LogP contribution in [0, 0.1) is 0 Å². The van der Waals surface area contributed by atoms with E-state index >= 15 is 0 Å². The number of carbonyl (C=O) groups excluding carboxylic acids is 3. The Morgan fingerprint density at radius 1 is 1.03 bits per heavy atom. The predicted octanol–water partition coefficient (Wildman–Crippen LogP) is 3.51. The number of phenols is 1. The monoisotopic (exact) mass is 437 g/mol. The van der Waals surface area contributed by atoms with E-state index in [2.05, 4.69) is 5.32 Å². The van der Waals surface area contributed by atoms with E-state index in [1.807, 2.05) is 30.3 Å². The van der Waals surface area contributed by atoms with Gasteiger partial charge in [0.25, 0.3) is 0 Å². The average molecular weight is 437 g/mol. The van der Waals surface area contributed by atoms with Gasteiger partial charge in [0.1, 0.15) is 24.5 Å². The van der Waals surface area contributed by atoms with Gasteiger partial charge >= 0.3 is 11.9 Å². The van der Waals surface area contributed by atoms with Crippen LogP contribution in [-0.4, -0.2) is 35.1 Å². The fraction of sp³-hybridized carbons (Fsp3) is 0.320. The van der Waals surface area contributed by atoms with Crippen molar-refractivity contribution in [3.05, 3.63) is 71.8 Å². The van der Waals surface area contributed by atoms with Gasteiger partial charge in [0.15, 0.2) is 0 Å². The number of ether oxygens (including phenoxy) is 2. The standard InChI is InChI=1S/C25H27NO6/c27-20-13-10-19(11-14-20)17-31-25(30)22(16-24(29)32-21-8-4-5-9-21)26-23(28)15-12-18-6-2-1-3-7-18/h1-3,6-7,10-15,21-22,27H,4-5,8-9,16-17H2,(H,26,28)/b15-12+/t22-/m0/s1. The Morgan fingerprint density at radius 2 is 1.72 bits per heavy atom. The van der Waals surface area contributed by atoms with E-state index in [9.17, 15) is 19.5 Å². The highest BCUT2D eigenvalue weighted by Crippen LogP contribution is 2.21. The van der Waals surface area contributed by atoms with Crippen LogP contribution in [0.25, 0.3) is 6.08 Å². The molecule has 0 unspecified atom stereocenters. The number of benzene rings is 2. The molecule has 1 saturated carbocycles. The third-order valence-electron chi connectivity index (χ3n) is 5.12. The van der Waals surface area contributed by atoms with Crippen LogP contribution in [0.5, 0.6) is 5.75 Å². The summed E-state index contributed by atoms with van der Waals surface area (Å²) in [4.78, 5) is 37.4. The van der Waals surface area contributed by atoms with Crippen molar-refractivity contribution in [1.82, 2.24) is 5.32 Å². The van der Waals surface area contributed by atoms with Crippen LogP contribution in [0.1, 0.15) is 43.2 Å². The molecule has 1 aliphatic rings. The van der Waals surface area contributed by atoms with E-state index in [4.69, 9.17) is 9.47 Å². The minimum atomic E-state index is -1.17. The average Bonchev–Trinajstić information content (AvgIpc) is 3.30. The van der Waals surface area contributed by atoms with Crippen LogP contribution in [-0.2, 0) is 30.5 Å². The van der Waals surface area contributed by atoms with Crippen molar-refractivity contribution in [3.8, 4) is 5.75 Å². The normalized spacial score (nSPS) is 14.8. The summed E-state index contributed by atoms with van der Waals surface area (Å²) in [6.45, 7) is -0.0526. The van der Waals surface area contributed by atoms with E-state index < -0.39 is 23.9 Å². The summed E-state index contributed by atoms with van der Waals surface area (Å²) in [5.41, 5.74) is 1.49. The Hall–Kier alpha value is -3.61. The summed E-state index contributed by atoms with van der Waals surface area (Å²) >= 11 is 0. The lowest BCUT2D eigenvalue weighted by atomic mass is 10.2. The van der Waals surface area contributed by atoms with Crippen LogP contribution in [0.3, 0.4) is 0 Å². The number of hydrogen-bond acceptors (Lipinski definition) is 6. The SMILES string of the molecule is O=C(/C=C/c1ccccc1)N[C@@H](CC(=O)OC1CCCC1)C(=O)OCc1ccc(O)cc1. The first-order valence-electron chi connectivity index (χ1n) is 10.7. The third kappa shape index (κ3) is 7.58. The first kappa shape index (κ1) is 23.1. The molecule has 1 amide bonds. The largest absolute Gasteiger partial charge is 0.508 e. The van der Waals surface area contributed by atoms with Crippen LogP contribution in [0.4, 0.5) is 0 Å². The molecule has 0 aromatic heterocycles. The van der Waals surface area contributed by atoms with Gasteiger partial charge in [-0.3, -0.25) is 9.59 Å². The highest BCUT2D eigenvalue weighted by atomic mass is 16.5. The molecular formula is C25H27NO6. The van der Waals surface area contributed by atoms with Crippen molar-refractivity contribution in [2.45, 2.75) is 50.9 Å². The molecule has 32 heavy (non-hydrogen) atoms. The molecule has 2 N–H and O–H groups in total. The molecule has 0 radical (unpaired) electrons. The lowest BCUT2D eigenvalue weighted by molar-refractivity contribution is -0.156. The molecule has 2 aromatic carbocycles. The van der Waals surface area contributed by atoms with Crippen molar-refractivity contribution in [2.75, 3.05) is 0 Å². The number of esters is 2. The molecule has 0 aliphatic heterocycles. The second-order valence-corrected chi connectivity index (χ2v) is 7.68. The highest BCUT2D eigenvalue weighted by molar-refractivity contribution is 5.95. The van der Waals surface area contributed by atoms with Crippen LogP contribution in [0.2, 0.25) is 0 Å². The molecule has 2 aromatic rings. The number of hydrogen-bond donors (Lipinski definition) is 2. The molecule has 7 nitrogen and oxygen atoms in total. The molecule has 168 valence electrons.